The summed E-state index contributed by atoms with van der Waals surface area (Å²) in [5.74, 6) is -0.298. The van der Waals surface area contributed by atoms with Gasteiger partial charge < -0.3 is 5.11 Å². The van der Waals surface area contributed by atoms with Gasteiger partial charge in [-0.15, -0.1) is 0 Å². The van der Waals surface area contributed by atoms with E-state index in [1.54, 1.807) is 6.33 Å². The molecule has 2 aromatic rings. The van der Waals surface area contributed by atoms with Gasteiger partial charge in [-0.2, -0.15) is 0 Å². The Balaban J connectivity index is 1.88. The molecule has 1 aromatic carbocycles. The Kier molecular flexibility index (Phi) is 3.62. The average Bonchev–Trinajstić information content (AvgIpc) is 2.93. The molecule has 3 rings (SSSR count). The Morgan fingerprint density at radius 1 is 1.48 bits per heavy atom. The Morgan fingerprint density at radius 2 is 2.33 bits per heavy atom. The lowest BCUT2D eigenvalue weighted by Gasteiger charge is -2.23. The van der Waals surface area contributed by atoms with Crippen molar-refractivity contribution in [1.82, 2.24) is 9.97 Å². The highest BCUT2D eigenvalue weighted by atomic mass is 16.4. The summed E-state index contributed by atoms with van der Waals surface area (Å²) in [5, 5.41) is 10.6. The Bertz CT molecular complexity index is 671. The maximum atomic E-state index is 11.7. The van der Waals surface area contributed by atoms with Crippen molar-refractivity contribution in [3.8, 4) is 0 Å². The van der Waals surface area contributed by atoms with Gasteiger partial charge in [-0.05, 0) is 49.3 Å². The Labute approximate surface area is 124 Å². The summed E-state index contributed by atoms with van der Waals surface area (Å²) in [6, 6.07) is 6.21. The lowest BCUT2D eigenvalue weighted by Crippen LogP contribution is -2.27. The van der Waals surface area contributed by atoms with E-state index in [0.29, 0.717) is 5.92 Å². The van der Waals surface area contributed by atoms with Gasteiger partial charge in [0.25, 0.3) is 0 Å². The number of benzene rings is 1. The third kappa shape index (κ3) is 2.50. The fraction of sp³-hybridized carbons (Fsp3) is 0.471. The molecular formula is C17H20N2O2. The van der Waals surface area contributed by atoms with Gasteiger partial charge in [-0.3, -0.25) is 4.79 Å². The maximum Gasteiger partial charge on any atom is 0.309 e. The predicted octanol–water partition coefficient (Wildman–Crippen LogP) is 3.77. The molecule has 0 saturated heterocycles. The van der Waals surface area contributed by atoms with Gasteiger partial charge in [-0.1, -0.05) is 19.4 Å². The van der Waals surface area contributed by atoms with Crippen LogP contribution < -0.4 is 0 Å². The zero-order chi connectivity index (χ0) is 14.9. The first-order chi connectivity index (χ1) is 10.1. The van der Waals surface area contributed by atoms with E-state index in [1.165, 1.54) is 5.56 Å². The summed E-state index contributed by atoms with van der Waals surface area (Å²) in [6.45, 7) is 2.06. The fourth-order valence-corrected chi connectivity index (χ4v) is 3.67. The largest absolute Gasteiger partial charge is 0.481 e. The minimum atomic E-state index is -0.629. The van der Waals surface area contributed by atoms with Crippen molar-refractivity contribution in [2.75, 3.05) is 0 Å². The standard InChI is InChI=1S/C17H20N2O2/c1-2-6-17(16(20)21)7-5-13(9-17)12-3-4-15-14(8-12)10-18-11-19-15/h3-4,8,10-11,13H,2,5-7,9H2,1H3,(H,20,21). The van der Waals surface area contributed by atoms with Gasteiger partial charge in [0.05, 0.1) is 10.9 Å². The molecule has 0 spiro atoms. The smallest absolute Gasteiger partial charge is 0.309 e. The number of carboxylic acids is 1. The molecule has 1 aromatic heterocycles. The van der Waals surface area contributed by atoms with Crippen molar-refractivity contribution < 1.29 is 9.90 Å². The molecule has 0 aliphatic heterocycles. The van der Waals surface area contributed by atoms with Gasteiger partial charge >= 0.3 is 5.97 Å². The van der Waals surface area contributed by atoms with Crippen LogP contribution in [-0.4, -0.2) is 21.0 Å². The number of fused-ring (bicyclic) bond motifs is 1. The second-order valence-electron chi connectivity index (χ2n) is 6.12. The van der Waals surface area contributed by atoms with Crippen molar-refractivity contribution in [2.45, 2.75) is 44.9 Å². The summed E-state index contributed by atoms with van der Waals surface area (Å²) in [4.78, 5) is 20.0. The number of rotatable bonds is 4. The highest BCUT2D eigenvalue weighted by Gasteiger charge is 2.44. The number of carboxylic acid groups (broad SMARTS) is 1. The lowest BCUT2D eigenvalue weighted by molar-refractivity contribution is -0.149. The molecule has 0 bridgehead atoms. The maximum absolute atomic E-state index is 11.7. The number of hydrogen-bond donors (Lipinski definition) is 1. The van der Waals surface area contributed by atoms with Crippen LogP contribution >= 0.6 is 0 Å². The molecule has 21 heavy (non-hydrogen) atoms. The molecule has 1 heterocycles. The zero-order valence-corrected chi connectivity index (χ0v) is 12.2. The third-order valence-electron chi connectivity index (χ3n) is 4.79. The minimum Gasteiger partial charge on any atom is -0.481 e. The SMILES string of the molecule is CCCC1(C(=O)O)CCC(c2ccc3ncncc3c2)C1. The molecule has 1 saturated carbocycles. The van der Waals surface area contributed by atoms with Crippen LogP contribution in [0.2, 0.25) is 0 Å². The summed E-state index contributed by atoms with van der Waals surface area (Å²) in [6.07, 6.45) is 7.54. The van der Waals surface area contributed by atoms with E-state index in [0.717, 1.165) is 43.0 Å². The molecule has 0 amide bonds. The van der Waals surface area contributed by atoms with E-state index in [1.807, 2.05) is 12.3 Å². The topological polar surface area (TPSA) is 63.1 Å². The molecule has 0 radical (unpaired) electrons. The molecule has 2 atom stereocenters. The zero-order valence-electron chi connectivity index (χ0n) is 12.2. The van der Waals surface area contributed by atoms with Gasteiger partial charge in [-0.25, -0.2) is 9.97 Å². The Hall–Kier alpha value is -1.97. The number of aromatic nitrogens is 2. The molecule has 1 aliphatic carbocycles. The van der Waals surface area contributed by atoms with E-state index < -0.39 is 11.4 Å². The van der Waals surface area contributed by atoms with Crippen molar-refractivity contribution in [3.05, 3.63) is 36.3 Å². The molecule has 1 N–H and O–H groups in total. The number of nitrogens with zero attached hydrogens (tertiary/aromatic N) is 2. The highest BCUT2D eigenvalue weighted by molar-refractivity contribution is 5.78. The van der Waals surface area contributed by atoms with Crippen LogP contribution in [0.1, 0.15) is 50.5 Å². The summed E-state index contributed by atoms with van der Waals surface area (Å²) in [7, 11) is 0. The second kappa shape index (κ2) is 5.43. The van der Waals surface area contributed by atoms with Crippen LogP contribution in [0, 0.1) is 5.41 Å². The summed E-state index contributed by atoms with van der Waals surface area (Å²) in [5.41, 5.74) is 1.63. The monoisotopic (exact) mass is 284 g/mol. The highest BCUT2D eigenvalue weighted by Crippen LogP contribution is 2.49. The van der Waals surface area contributed by atoms with Crippen LogP contribution in [0.5, 0.6) is 0 Å². The first-order valence-electron chi connectivity index (χ1n) is 7.58. The van der Waals surface area contributed by atoms with Crippen molar-refractivity contribution in [3.63, 3.8) is 0 Å². The van der Waals surface area contributed by atoms with Gasteiger partial charge in [0.1, 0.15) is 6.33 Å². The summed E-state index contributed by atoms with van der Waals surface area (Å²) >= 11 is 0. The van der Waals surface area contributed by atoms with Gasteiger partial charge in [0, 0.05) is 11.6 Å². The summed E-state index contributed by atoms with van der Waals surface area (Å²) < 4.78 is 0. The van der Waals surface area contributed by atoms with Crippen molar-refractivity contribution in [1.29, 1.82) is 0 Å². The molecule has 2 unspecified atom stereocenters. The lowest BCUT2D eigenvalue weighted by atomic mass is 9.80. The minimum absolute atomic E-state index is 0.331. The fourth-order valence-electron chi connectivity index (χ4n) is 3.67. The van der Waals surface area contributed by atoms with Crippen molar-refractivity contribution in [2.24, 2.45) is 5.41 Å². The Morgan fingerprint density at radius 3 is 3.10 bits per heavy atom. The van der Waals surface area contributed by atoms with E-state index >= 15 is 0 Å². The van der Waals surface area contributed by atoms with Gasteiger partial charge in [0.15, 0.2) is 0 Å². The quantitative estimate of drug-likeness (QED) is 0.928. The average molecular weight is 284 g/mol. The van der Waals surface area contributed by atoms with E-state index in [4.69, 9.17) is 0 Å². The van der Waals surface area contributed by atoms with Crippen LogP contribution in [-0.2, 0) is 4.79 Å². The van der Waals surface area contributed by atoms with E-state index in [2.05, 4.69) is 29.0 Å². The number of carbonyl (C=O) groups is 1. The molecule has 110 valence electrons. The van der Waals surface area contributed by atoms with Gasteiger partial charge in [0.2, 0.25) is 0 Å². The number of aliphatic carboxylic acids is 1. The molecular weight excluding hydrogens is 264 g/mol. The molecule has 4 nitrogen and oxygen atoms in total. The van der Waals surface area contributed by atoms with Crippen LogP contribution in [0.15, 0.2) is 30.7 Å². The first-order valence-corrected chi connectivity index (χ1v) is 7.58. The van der Waals surface area contributed by atoms with Crippen molar-refractivity contribution >= 4 is 16.9 Å². The van der Waals surface area contributed by atoms with Crippen LogP contribution in [0.25, 0.3) is 10.9 Å². The van der Waals surface area contributed by atoms with E-state index in [9.17, 15) is 9.90 Å². The molecule has 1 fully saturated rings. The third-order valence-corrected chi connectivity index (χ3v) is 4.79. The first kappa shape index (κ1) is 14.0. The molecule has 4 heteroatoms. The predicted molar refractivity (Wildman–Crippen MR) is 81.1 cm³/mol. The number of hydrogen-bond acceptors (Lipinski definition) is 3. The normalized spacial score (nSPS) is 25.3. The van der Waals surface area contributed by atoms with E-state index in [-0.39, 0.29) is 0 Å². The van der Waals surface area contributed by atoms with Crippen LogP contribution in [0.3, 0.4) is 0 Å². The van der Waals surface area contributed by atoms with Crippen LogP contribution in [0.4, 0.5) is 0 Å². The molecule has 1 aliphatic rings. The second-order valence-corrected chi connectivity index (χ2v) is 6.12.